The lowest BCUT2D eigenvalue weighted by atomic mass is 10.2. The van der Waals surface area contributed by atoms with Crippen LogP contribution in [-0.4, -0.2) is 27.2 Å². The molecule has 0 saturated heterocycles. The van der Waals surface area contributed by atoms with E-state index in [1.165, 1.54) is 12.8 Å². The molecule has 1 aromatic rings. The highest BCUT2D eigenvalue weighted by Gasteiger charge is 2.31. The summed E-state index contributed by atoms with van der Waals surface area (Å²) in [7, 11) is 1.64. The first-order valence-corrected chi connectivity index (χ1v) is 5.30. The summed E-state index contributed by atoms with van der Waals surface area (Å²) in [4.78, 5) is 0. The highest BCUT2D eigenvalue weighted by Crippen LogP contribution is 2.39. The van der Waals surface area contributed by atoms with Gasteiger partial charge in [0, 0.05) is 7.11 Å². The van der Waals surface area contributed by atoms with Crippen LogP contribution < -0.4 is 0 Å². The van der Waals surface area contributed by atoms with Crippen molar-refractivity contribution in [3.8, 4) is 0 Å². The lowest BCUT2D eigenvalue weighted by Gasteiger charge is -2.13. The summed E-state index contributed by atoms with van der Waals surface area (Å²) in [6.07, 6.45) is 2.53. The molecule has 1 aliphatic carbocycles. The maximum absolute atomic E-state index is 9.12. The molecule has 0 radical (unpaired) electrons. The predicted octanol–water partition coefficient (Wildman–Crippen LogP) is 0.888. The monoisotopic (exact) mass is 211 g/mol. The average Bonchev–Trinajstić information content (AvgIpc) is 3.00. The summed E-state index contributed by atoms with van der Waals surface area (Å²) in [6.45, 7) is 2.53. The second-order valence-electron chi connectivity index (χ2n) is 4.10. The van der Waals surface area contributed by atoms with Crippen molar-refractivity contribution in [1.82, 2.24) is 15.0 Å². The van der Waals surface area contributed by atoms with E-state index >= 15 is 0 Å². The Hall–Kier alpha value is -0.940. The molecular weight excluding hydrogens is 194 g/mol. The normalized spacial score (nSPS) is 18.1. The van der Waals surface area contributed by atoms with Crippen LogP contribution in [0.4, 0.5) is 0 Å². The zero-order chi connectivity index (χ0) is 10.8. The molecule has 0 aliphatic heterocycles. The number of nitrogens with zero attached hydrogens (tertiary/aromatic N) is 3. The predicted molar refractivity (Wildman–Crippen MR) is 54.1 cm³/mol. The van der Waals surface area contributed by atoms with E-state index in [4.69, 9.17) is 9.84 Å². The Kier molecular flexibility index (Phi) is 3.02. The molecule has 5 heteroatoms. The minimum atomic E-state index is -0.0733. The molecule has 1 heterocycles. The smallest absolute Gasteiger partial charge is 0.114 e. The SMILES string of the molecule is COCc1c(CO)nnn1C(C)C1CC1. The molecule has 0 amide bonds. The van der Waals surface area contributed by atoms with Gasteiger partial charge in [0.1, 0.15) is 5.69 Å². The summed E-state index contributed by atoms with van der Waals surface area (Å²) in [5, 5.41) is 17.2. The summed E-state index contributed by atoms with van der Waals surface area (Å²) in [6, 6.07) is 0.364. The van der Waals surface area contributed by atoms with Gasteiger partial charge in [0.25, 0.3) is 0 Å². The number of aromatic nitrogens is 3. The van der Waals surface area contributed by atoms with Crippen molar-refractivity contribution in [2.45, 2.75) is 39.0 Å². The third-order valence-electron chi connectivity index (χ3n) is 2.99. The van der Waals surface area contributed by atoms with Crippen molar-refractivity contribution >= 4 is 0 Å². The summed E-state index contributed by atoms with van der Waals surface area (Å²) in [5.74, 6) is 0.717. The third kappa shape index (κ3) is 2.03. The first kappa shape index (κ1) is 10.6. The molecule has 0 bridgehead atoms. The maximum Gasteiger partial charge on any atom is 0.114 e. The Morgan fingerprint density at radius 1 is 1.60 bits per heavy atom. The molecule has 1 unspecified atom stereocenters. The number of hydrogen-bond donors (Lipinski definition) is 1. The Bertz CT molecular complexity index is 333. The van der Waals surface area contributed by atoms with Crippen molar-refractivity contribution in [3.63, 3.8) is 0 Å². The fourth-order valence-electron chi connectivity index (χ4n) is 1.86. The van der Waals surface area contributed by atoms with Gasteiger partial charge in [0.2, 0.25) is 0 Å². The van der Waals surface area contributed by atoms with E-state index < -0.39 is 0 Å². The molecule has 1 atom stereocenters. The molecule has 1 aliphatic rings. The lowest BCUT2D eigenvalue weighted by Crippen LogP contribution is -2.13. The minimum Gasteiger partial charge on any atom is -0.390 e. The molecule has 1 N–H and O–H groups in total. The van der Waals surface area contributed by atoms with Crippen LogP contribution in [0.15, 0.2) is 0 Å². The van der Waals surface area contributed by atoms with Crippen LogP contribution in [0.1, 0.15) is 37.2 Å². The zero-order valence-corrected chi connectivity index (χ0v) is 9.18. The van der Waals surface area contributed by atoms with Gasteiger partial charge in [-0.1, -0.05) is 5.21 Å². The third-order valence-corrected chi connectivity index (χ3v) is 2.99. The van der Waals surface area contributed by atoms with Gasteiger partial charge in [-0.05, 0) is 25.7 Å². The van der Waals surface area contributed by atoms with Crippen LogP contribution in [-0.2, 0) is 18.0 Å². The van der Waals surface area contributed by atoms with Gasteiger partial charge in [0.05, 0.1) is 24.9 Å². The highest BCUT2D eigenvalue weighted by molar-refractivity contribution is 5.09. The Morgan fingerprint density at radius 2 is 2.33 bits per heavy atom. The van der Waals surface area contributed by atoms with Crippen molar-refractivity contribution in [2.75, 3.05) is 7.11 Å². The van der Waals surface area contributed by atoms with E-state index in [2.05, 4.69) is 17.2 Å². The first-order chi connectivity index (χ1) is 7.27. The molecule has 1 fully saturated rings. The molecule has 15 heavy (non-hydrogen) atoms. The molecule has 0 aromatic carbocycles. The van der Waals surface area contributed by atoms with Gasteiger partial charge in [-0.25, -0.2) is 4.68 Å². The van der Waals surface area contributed by atoms with Gasteiger partial charge in [-0.3, -0.25) is 0 Å². The van der Waals surface area contributed by atoms with Crippen LogP contribution in [0.5, 0.6) is 0 Å². The van der Waals surface area contributed by atoms with Gasteiger partial charge >= 0.3 is 0 Å². The standard InChI is InChI=1S/C10H17N3O2/c1-7(8-3-4-8)13-10(6-15-2)9(5-14)11-12-13/h7-8,14H,3-6H2,1-2H3. The molecule has 2 rings (SSSR count). The Labute approximate surface area is 89.0 Å². The molecule has 5 nitrogen and oxygen atoms in total. The second kappa shape index (κ2) is 4.28. The van der Waals surface area contributed by atoms with Crippen molar-refractivity contribution in [2.24, 2.45) is 5.92 Å². The fourth-order valence-corrected chi connectivity index (χ4v) is 1.86. The number of rotatable bonds is 5. The highest BCUT2D eigenvalue weighted by atomic mass is 16.5. The number of ether oxygens (including phenoxy) is 1. The minimum absolute atomic E-state index is 0.0733. The summed E-state index contributed by atoms with van der Waals surface area (Å²) in [5.41, 5.74) is 1.53. The van der Waals surface area contributed by atoms with E-state index in [1.807, 2.05) is 4.68 Å². The van der Waals surface area contributed by atoms with E-state index in [1.54, 1.807) is 7.11 Å². The van der Waals surface area contributed by atoms with Crippen LogP contribution >= 0.6 is 0 Å². The second-order valence-corrected chi connectivity index (χ2v) is 4.10. The number of aliphatic hydroxyl groups is 1. The molecule has 84 valence electrons. The molecule has 1 saturated carbocycles. The van der Waals surface area contributed by atoms with Crippen molar-refractivity contribution in [3.05, 3.63) is 11.4 Å². The van der Waals surface area contributed by atoms with Gasteiger partial charge < -0.3 is 9.84 Å². The average molecular weight is 211 g/mol. The van der Waals surface area contributed by atoms with Gasteiger partial charge in [-0.15, -0.1) is 5.10 Å². The quantitative estimate of drug-likeness (QED) is 0.785. The van der Waals surface area contributed by atoms with E-state index in [9.17, 15) is 0 Å². The number of aliphatic hydroxyl groups excluding tert-OH is 1. The van der Waals surface area contributed by atoms with Crippen molar-refractivity contribution < 1.29 is 9.84 Å². The first-order valence-electron chi connectivity index (χ1n) is 5.30. The fraction of sp³-hybridized carbons (Fsp3) is 0.800. The van der Waals surface area contributed by atoms with Gasteiger partial charge in [-0.2, -0.15) is 0 Å². The Morgan fingerprint density at radius 3 is 2.87 bits per heavy atom. The Balaban J connectivity index is 2.24. The van der Waals surface area contributed by atoms with Crippen LogP contribution in [0.25, 0.3) is 0 Å². The topological polar surface area (TPSA) is 60.2 Å². The van der Waals surface area contributed by atoms with E-state index in [0.29, 0.717) is 24.3 Å². The van der Waals surface area contributed by atoms with Crippen LogP contribution in [0.2, 0.25) is 0 Å². The molecule has 1 aromatic heterocycles. The van der Waals surface area contributed by atoms with Crippen LogP contribution in [0.3, 0.4) is 0 Å². The largest absolute Gasteiger partial charge is 0.390 e. The van der Waals surface area contributed by atoms with E-state index in [0.717, 1.165) is 5.69 Å². The summed E-state index contributed by atoms with van der Waals surface area (Å²) < 4.78 is 7.00. The van der Waals surface area contributed by atoms with Gasteiger partial charge in [0.15, 0.2) is 0 Å². The number of hydrogen-bond acceptors (Lipinski definition) is 4. The lowest BCUT2D eigenvalue weighted by molar-refractivity contribution is 0.170. The maximum atomic E-state index is 9.12. The van der Waals surface area contributed by atoms with E-state index in [-0.39, 0.29) is 6.61 Å². The van der Waals surface area contributed by atoms with Crippen molar-refractivity contribution in [1.29, 1.82) is 0 Å². The summed E-state index contributed by atoms with van der Waals surface area (Å²) >= 11 is 0. The van der Waals surface area contributed by atoms with Crippen LogP contribution in [0, 0.1) is 5.92 Å². The molecule has 0 spiro atoms. The number of methoxy groups -OCH3 is 1. The molecular formula is C10H17N3O2. The zero-order valence-electron chi connectivity index (χ0n) is 9.18.